The molecule has 1 aliphatic heterocycles. The van der Waals surface area contributed by atoms with Crippen LogP contribution in [0, 0.1) is 0 Å². The summed E-state index contributed by atoms with van der Waals surface area (Å²) in [5.41, 5.74) is 3.15. The summed E-state index contributed by atoms with van der Waals surface area (Å²) >= 11 is 0. The molecule has 3 rings (SSSR count). The molecule has 74 valence electrons. The van der Waals surface area contributed by atoms with E-state index in [1.807, 2.05) is 12.1 Å². The lowest BCUT2D eigenvalue weighted by atomic mass is 9.87. The van der Waals surface area contributed by atoms with Crippen molar-refractivity contribution in [2.24, 2.45) is 0 Å². The quantitative estimate of drug-likeness (QED) is 0.700. The van der Waals surface area contributed by atoms with Gasteiger partial charge in [-0.2, -0.15) is 0 Å². The molecule has 3 heteroatoms. The van der Waals surface area contributed by atoms with Crippen LogP contribution in [0.4, 0.5) is 0 Å². The van der Waals surface area contributed by atoms with E-state index in [0.717, 1.165) is 18.4 Å². The molecule has 1 aromatic rings. The molecule has 15 heavy (non-hydrogen) atoms. The van der Waals surface area contributed by atoms with Gasteiger partial charge in [0.25, 0.3) is 11.8 Å². The average molecular weight is 199 g/mol. The second kappa shape index (κ2) is 2.79. The smallest absolute Gasteiger partial charge is 0.259 e. The van der Waals surface area contributed by atoms with Crippen molar-refractivity contribution in [3.63, 3.8) is 0 Å². The highest BCUT2D eigenvalue weighted by atomic mass is 16.2. The highest BCUT2D eigenvalue weighted by Crippen LogP contribution is 2.33. The molecule has 3 nitrogen and oxygen atoms in total. The second-order valence-corrected chi connectivity index (χ2v) is 3.78. The minimum absolute atomic E-state index is 0.265. The normalized spacial score (nSPS) is 18.0. The van der Waals surface area contributed by atoms with Crippen LogP contribution in [-0.2, 0) is 0 Å². The van der Waals surface area contributed by atoms with Gasteiger partial charge in [0.05, 0.1) is 11.1 Å². The first-order valence-corrected chi connectivity index (χ1v) is 4.95. The summed E-state index contributed by atoms with van der Waals surface area (Å²) in [5, 5.41) is 2.32. The first-order chi connectivity index (χ1) is 7.27. The first kappa shape index (κ1) is 8.41. The van der Waals surface area contributed by atoms with E-state index in [4.69, 9.17) is 0 Å². The molecule has 1 heterocycles. The number of rotatable bonds is 1. The molecular formula is C12H9NO2. The number of benzene rings is 1. The first-order valence-electron chi connectivity index (χ1n) is 4.95. The summed E-state index contributed by atoms with van der Waals surface area (Å²) in [6.45, 7) is 0. The SMILES string of the molecule is O=C1NC(=O)c2c1cccc2C1=CCC1. The highest BCUT2D eigenvalue weighted by molar-refractivity contribution is 6.23. The molecular weight excluding hydrogens is 190 g/mol. The summed E-state index contributed by atoms with van der Waals surface area (Å²) in [5.74, 6) is -0.546. The van der Waals surface area contributed by atoms with Crippen LogP contribution in [0.15, 0.2) is 24.3 Å². The Kier molecular flexibility index (Phi) is 1.57. The summed E-state index contributed by atoms with van der Waals surface area (Å²) in [7, 11) is 0. The van der Waals surface area contributed by atoms with E-state index in [1.54, 1.807) is 6.07 Å². The number of hydrogen-bond donors (Lipinski definition) is 1. The van der Waals surface area contributed by atoms with Crippen molar-refractivity contribution >= 4 is 17.4 Å². The lowest BCUT2D eigenvalue weighted by Gasteiger charge is -2.16. The average Bonchev–Trinajstić information content (AvgIpc) is 2.41. The lowest BCUT2D eigenvalue weighted by Crippen LogP contribution is -2.20. The Morgan fingerprint density at radius 1 is 1.07 bits per heavy atom. The number of fused-ring (bicyclic) bond motifs is 1. The summed E-state index contributed by atoms with van der Waals surface area (Å²) in [6, 6.07) is 5.42. The van der Waals surface area contributed by atoms with Crippen LogP contribution >= 0.6 is 0 Å². The van der Waals surface area contributed by atoms with Gasteiger partial charge in [0.1, 0.15) is 0 Å². The Morgan fingerprint density at radius 2 is 1.80 bits per heavy atom. The van der Waals surface area contributed by atoms with Crippen molar-refractivity contribution in [1.82, 2.24) is 5.32 Å². The fraction of sp³-hybridized carbons (Fsp3) is 0.167. The minimum atomic E-state index is -0.281. The number of hydrogen-bond acceptors (Lipinski definition) is 2. The van der Waals surface area contributed by atoms with Crippen LogP contribution in [0.2, 0.25) is 0 Å². The largest absolute Gasteiger partial charge is 0.288 e. The van der Waals surface area contributed by atoms with Crippen LogP contribution in [-0.4, -0.2) is 11.8 Å². The molecule has 1 aromatic carbocycles. The predicted molar refractivity (Wildman–Crippen MR) is 55.4 cm³/mol. The van der Waals surface area contributed by atoms with Gasteiger partial charge in [-0.3, -0.25) is 14.9 Å². The predicted octanol–water partition coefficient (Wildman–Crippen LogP) is 1.75. The number of nitrogens with one attached hydrogen (secondary N) is 1. The minimum Gasteiger partial charge on any atom is -0.288 e. The zero-order valence-electron chi connectivity index (χ0n) is 8.04. The van der Waals surface area contributed by atoms with Crippen molar-refractivity contribution in [2.45, 2.75) is 12.8 Å². The number of carbonyl (C=O) groups excluding carboxylic acids is 2. The van der Waals surface area contributed by atoms with Crippen LogP contribution < -0.4 is 5.32 Å². The van der Waals surface area contributed by atoms with Crippen molar-refractivity contribution < 1.29 is 9.59 Å². The van der Waals surface area contributed by atoms with Crippen LogP contribution in [0.1, 0.15) is 39.1 Å². The maximum atomic E-state index is 11.6. The van der Waals surface area contributed by atoms with E-state index >= 15 is 0 Å². The zero-order valence-corrected chi connectivity index (χ0v) is 8.04. The molecule has 1 N–H and O–H groups in total. The van der Waals surface area contributed by atoms with Gasteiger partial charge in [-0.15, -0.1) is 0 Å². The molecule has 2 aliphatic rings. The fourth-order valence-electron chi connectivity index (χ4n) is 2.02. The van der Waals surface area contributed by atoms with Gasteiger partial charge in [-0.05, 0) is 30.0 Å². The Labute approximate surface area is 86.8 Å². The monoisotopic (exact) mass is 199 g/mol. The molecule has 0 aromatic heterocycles. The van der Waals surface area contributed by atoms with E-state index in [1.165, 1.54) is 5.57 Å². The third-order valence-electron chi connectivity index (χ3n) is 2.91. The molecule has 0 bridgehead atoms. The Hall–Kier alpha value is -1.90. The Balaban J connectivity index is 2.25. The lowest BCUT2D eigenvalue weighted by molar-refractivity contribution is 0.0879. The third kappa shape index (κ3) is 1.06. The van der Waals surface area contributed by atoms with Crippen molar-refractivity contribution in [3.05, 3.63) is 41.0 Å². The van der Waals surface area contributed by atoms with Crippen molar-refractivity contribution in [1.29, 1.82) is 0 Å². The summed E-state index contributed by atoms with van der Waals surface area (Å²) in [4.78, 5) is 23.0. The van der Waals surface area contributed by atoms with Gasteiger partial charge in [0.15, 0.2) is 0 Å². The van der Waals surface area contributed by atoms with Crippen LogP contribution in [0.5, 0.6) is 0 Å². The van der Waals surface area contributed by atoms with E-state index in [9.17, 15) is 9.59 Å². The molecule has 0 saturated carbocycles. The standard InChI is InChI=1S/C12H9NO2/c14-11-9-6-2-5-8(7-3-1-4-7)10(9)12(15)13-11/h2-3,5-6H,1,4H2,(H,13,14,15). The molecule has 0 unspecified atom stereocenters. The molecule has 0 radical (unpaired) electrons. The second-order valence-electron chi connectivity index (χ2n) is 3.78. The van der Waals surface area contributed by atoms with Gasteiger partial charge in [0.2, 0.25) is 0 Å². The molecule has 0 spiro atoms. The van der Waals surface area contributed by atoms with Crippen LogP contribution in [0.25, 0.3) is 5.57 Å². The van der Waals surface area contributed by atoms with E-state index < -0.39 is 0 Å². The maximum absolute atomic E-state index is 11.6. The van der Waals surface area contributed by atoms with E-state index in [-0.39, 0.29) is 11.8 Å². The van der Waals surface area contributed by atoms with Gasteiger partial charge >= 0.3 is 0 Å². The number of imide groups is 1. The number of amides is 2. The molecule has 1 aliphatic carbocycles. The molecule has 2 amide bonds. The van der Waals surface area contributed by atoms with Gasteiger partial charge in [-0.25, -0.2) is 0 Å². The van der Waals surface area contributed by atoms with Gasteiger partial charge < -0.3 is 0 Å². The topological polar surface area (TPSA) is 46.2 Å². The molecule has 0 atom stereocenters. The van der Waals surface area contributed by atoms with Crippen molar-refractivity contribution in [2.75, 3.05) is 0 Å². The summed E-state index contributed by atoms with van der Waals surface area (Å²) in [6.07, 6.45) is 4.16. The van der Waals surface area contributed by atoms with Crippen LogP contribution in [0.3, 0.4) is 0 Å². The highest BCUT2D eigenvalue weighted by Gasteiger charge is 2.30. The van der Waals surface area contributed by atoms with E-state index in [0.29, 0.717) is 11.1 Å². The number of allylic oxidation sites excluding steroid dienone is 2. The van der Waals surface area contributed by atoms with Crippen molar-refractivity contribution in [3.8, 4) is 0 Å². The Bertz CT molecular complexity index is 514. The van der Waals surface area contributed by atoms with E-state index in [2.05, 4.69) is 11.4 Å². The van der Waals surface area contributed by atoms with Gasteiger partial charge in [0, 0.05) is 0 Å². The zero-order chi connectivity index (χ0) is 10.4. The maximum Gasteiger partial charge on any atom is 0.259 e. The summed E-state index contributed by atoms with van der Waals surface area (Å²) < 4.78 is 0. The molecule has 0 fully saturated rings. The molecule has 0 saturated heterocycles. The number of carbonyl (C=O) groups is 2. The van der Waals surface area contributed by atoms with Gasteiger partial charge in [-0.1, -0.05) is 18.2 Å². The third-order valence-corrected chi connectivity index (χ3v) is 2.91. The Morgan fingerprint density at radius 3 is 2.47 bits per heavy atom. The fourth-order valence-corrected chi connectivity index (χ4v) is 2.02.